The van der Waals surface area contributed by atoms with Crippen LogP contribution in [-0.4, -0.2) is 19.1 Å². The molecule has 1 aromatic carbocycles. The third-order valence-corrected chi connectivity index (χ3v) is 2.65. The van der Waals surface area contributed by atoms with Gasteiger partial charge in [-0.05, 0) is 37.5 Å². The second-order valence-corrected chi connectivity index (χ2v) is 4.40. The van der Waals surface area contributed by atoms with Crippen LogP contribution in [0.1, 0.15) is 28.3 Å². The van der Waals surface area contributed by atoms with Gasteiger partial charge in [0.05, 0.1) is 12.6 Å². The zero-order valence-corrected chi connectivity index (χ0v) is 10.6. The highest BCUT2D eigenvalue weighted by Gasteiger charge is 2.13. The molecular weight excluding hydrogens is 216 g/mol. The minimum Gasteiger partial charge on any atom is -0.370 e. The van der Waals surface area contributed by atoms with Crippen molar-refractivity contribution >= 4 is 5.91 Å². The second-order valence-electron chi connectivity index (χ2n) is 4.40. The quantitative estimate of drug-likeness (QED) is 0.804. The minimum absolute atomic E-state index is 0.0857. The first-order valence-electron chi connectivity index (χ1n) is 5.61. The first-order valence-corrected chi connectivity index (χ1v) is 5.61. The SMILES string of the molecule is Cc1cc(C)c(C(N)COCC(N)=O)c(C)c1. The third kappa shape index (κ3) is 3.84. The Balaban J connectivity index is 2.75. The molecule has 0 aliphatic rings. The zero-order valence-electron chi connectivity index (χ0n) is 10.6. The number of primary amides is 1. The van der Waals surface area contributed by atoms with Crippen LogP contribution in [0.5, 0.6) is 0 Å². The van der Waals surface area contributed by atoms with Gasteiger partial charge >= 0.3 is 0 Å². The summed E-state index contributed by atoms with van der Waals surface area (Å²) in [5.41, 5.74) is 15.6. The van der Waals surface area contributed by atoms with Crippen molar-refractivity contribution in [2.75, 3.05) is 13.2 Å². The van der Waals surface area contributed by atoms with Crippen LogP contribution in [0.15, 0.2) is 12.1 Å². The average molecular weight is 236 g/mol. The van der Waals surface area contributed by atoms with Crippen LogP contribution in [0, 0.1) is 20.8 Å². The number of rotatable bonds is 5. The van der Waals surface area contributed by atoms with Crippen LogP contribution in [0.25, 0.3) is 0 Å². The highest BCUT2D eigenvalue weighted by molar-refractivity contribution is 5.74. The van der Waals surface area contributed by atoms with Crippen molar-refractivity contribution in [1.82, 2.24) is 0 Å². The Morgan fingerprint density at radius 1 is 1.29 bits per heavy atom. The first-order chi connectivity index (χ1) is 7.91. The molecule has 0 bridgehead atoms. The highest BCUT2D eigenvalue weighted by Crippen LogP contribution is 2.22. The zero-order chi connectivity index (χ0) is 13.0. The Hall–Kier alpha value is -1.39. The molecule has 1 amide bonds. The summed E-state index contributed by atoms with van der Waals surface area (Å²) in [6, 6.07) is 3.96. The van der Waals surface area contributed by atoms with E-state index in [1.165, 1.54) is 5.56 Å². The van der Waals surface area contributed by atoms with Crippen LogP contribution < -0.4 is 11.5 Å². The van der Waals surface area contributed by atoms with E-state index in [1.807, 2.05) is 13.8 Å². The molecule has 4 N–H and O–H groups in total. The summed E-state index contributed by atoms with van der Waals surface area (Å²) < 4.78 is 5.15. The Bertz CT molecular complexity index is 393. The molecule has 1 aromatic rings. The molecule has 4 heteroatoms. The normalized spacial score (nSPS) is 12.5. The van der Waals surface area contributed by atoms with Gasteiger partial charge in [0, 0.05) is 0 Å². The van der Waals surface area contributed by atoms with Crippen LogP contribution in [-0.2, 0) is 9.53 Å². The van der Waals surface area contributed by atoms with Crippen molar-refractivity contribution in [2.24, 2.45) is 11.5 Å². The maximum atomic E-state index is 10.6. The number of hydrogen-bond donors (Lipinski definition) is 2. The summed E-state index contributed by atoms with van der Waals surface area (Å²) in [6.45, 7) is 6.33. The van der Waals surface area contributed by atoms with Gasteiger partial charge in [0.15, 0.2) is 0 Å². The standard InChI is InChI=1S/C13H20N2O2/c1-8-4-9(2)13(10(3)5-8)11(14)6-17-7-12(15)16/h4-5,11H,6-7,14H2,1-3H3,(H2,15,16). The summed E-state index contributed by atoms with van der Waals surface area (Å²) >= 11 is 0. The fraction of sp³-hybridized carbons (Fsp3) is 0.462. The van der Waals surface area contributed by atoms with Gasteiger partial charge < -0.3 is 16.2 Å². The van der Waals surface area contributed by atoms with Crippen LogP contribution >= 0.6 is 0 Å². The van der Waals surface area contributed by atoms with Gasteiger partial charge in [-0.2, -0.15) is 0 Å². The predicted octanol–water partition coefficient (Wildman–Crippen LogP) is 1.11. The van der Waals surface area contributed by atoms with Crippen molar-refractivity contribution in [1.29, 1.82) is 0 Å². The van der Waals surface area contributed by atoms with Gasteiger partial charge in [-0.1, -0.05) is 17.7 Å². The summed E-state index contributed by atoms with van der Waals surface area (Å²) in [7, 11) is 0. The average Bonchev–Trinajstić information content (AvgIpc) is 2.14. The summed E-state index contributed by atoms with van der Waals surface area (Å²) in [5, 5.41) is 0. The van der Waals surface area contributed by atoms with Gasteiger partial charge in [0.25, 0.3) is 0 Å². The lowest BCUT2D eigenvalue weighted by molar-refractivity contribution is -0.122. The Kier molecular flexibility index (Phi) is 4.66. The predicted molar refractivity (Wildman–Crippen MR) is 67.6 cm³/mol. The molecule has 0 radical (unpaired) electrons. The maximum Gasteiger partial charge on any atom is 0.243 e. The lowest BCUT2D eigenvalue weighted by Crippen LogP contribution is -2.24. The van der Waals surface area contributed by atoms with Crippen molar-refractivity contribution in [3.63, 3.8) is 0 Å². The Morgan fingerprint density at radius 3 is 2.29 bits per heavy atom. The Labute approximate surface area is 102 Å². The molecule has 0 aromatic heterocycles. The molecule has 0 saturated heterocycles. The fourth-order valence-electron chi connectivity index (χ4n) is 2.15. The van der Waals surface area contributed by atoms with E-state index < -0.39 is 5.91 Å². The summed E-state index contributed by atoms with van der Waals surface area (Å²) in [4.78, 5) is 10.6. The second kappa shape index (κ2) is 5.80. The number of aryl methyl sites for hydroxylation is 3. The van der Waals surface area contributed by atoms with E-state index in [0.717, 1.165) is 16.7 Å². The summed E-state index contributed by atoms with van der Waals surface area (Å²) in [5.74, 6) is -0.477. The summed E-state index contributed by atoms with van der Waals surface area (Å²) in [6.07, 6.45) is 0. The molecule has 1 rings (SSSR count). The number of ether oxygens (including phenoxy) is 1. The minimum atomic E-state index is -0.477. The largest absolute Gasteiger partial charge is 0.370 e. The van der Waals surface area contributed by atoms with E-state index in [4.69, 9.17) is 16.2 Å². The van der Waals surface area contributed by atoms with Gasteiger partial charge in [-0.3, -0.25) is 4.79 Å². The van der Waals surface area contributed by atoms with Gasteiger partial charge in [-0.25, -0.2) is 0 Å². The van der Waals surface area contributed by atoms with E-state index in [0.29, 0.717) is 6.61 Å². The van der Waals surface area contributed by atoms with Crippen molar-refractivity contribution in [3.05, 3.63) is 34.4 Å². The molecule has 4 nitrogen and oxygen atoms in total. The van der Waals surface area contributed by atoms with E-state index in [2.05, 4.69) is 19.1 Å². The molecule has 1 atom stereocenters. The smallest absolute Gasteiger partial charge is 0.243 e. The van der Waals surface area contributed by atoms with Gasteiger partial charge in [-0.15, -0.1) is 0 Å². The Morgan fingerprint density at radius 2 is 1.82 bits per heavy atom. The van der Waals surface area contributed by atoms with Crippen LogP contribution in [0.4, 0.5) is 0 Å². The number of hydrogen-bond acceptors (Lipinski definition) is 3. The van der Waals surface area contributed by atoms with Gasteiger partial charge in [0.2, 0.25) is 5.91 Å². The molecule has 0 heterocycles. The van der Waals surface area contributed by atoms with E-state index in [9.17, 15) is 4.79 Å². The van der Waals surface area contributed by atoms with E-state index in [1.54, 1.807) is 0 Å². The molecule has 94 valence electrons. The molecule has 0 spiro atoms. The topological polar surface area (TPSA) is 78.3 Å². The lowest BCUT2D eigenvalue weighted by Gasteiger charge is -2.18. The molecule has 0 aliphatic heterocycles. The van der Waals surface area contributed by atoms with Crippen molar-refractivity contribution < 1.29 is 9.53 Å². The lowest BCUT2D eigenvalue weighted by atomic mass is 9.95. The number of nitrogens with two attached hydrogens (primary N) is 2. The van der Waals surface area contributed by atoms with Gasteiger partial charge in [0.1, 0.15) is 6.61 Å². The number of benzene rings is 1. The first kappa shape index (κ1) is 13.7. The van der Waals surface area contributed by atoms with E-state index >= 15 is 0 Å². The van der Waals surface area contributed by atoms with Crippen molar-refractivity contribution in [2.45, 2.75) is 26.8 Å². The number of carbonyl (C=O) groups is 1. The van der Waals surface area contributed by atoms with Crippen molar-refractivity contribution in [3.8, 4) is 0 Å². The number of amides is 1. The molecule has 0 fully saturated rings. The number of carbonyl (C=O) groups excluding carboxylic acids is 1. The monoisotopic (exact) mass is 236 g/mol. The molecule has 0 saturated carbocycles. The maximum absolute atomic E-state index is 10.6. The van der Waals surface area contributed by atoms with Crippen LogP contribution in [0.2, 0.25) is 0 Å². The molecule has 0 aliphatic carbocycles. The van der Waals surface area contributed by atoms with E-state index in [-0.39, 0.29) is 12.6 Å². The molecule has 1 unspecified atom stereocenters. The fourth-order valence-corrected chi connectivity index (χ4v) is 2.15. The van der Waals surface area contributed by atoms with Crippen LogP contribution in [0.3, 0.4) is 0 Å². The third-order valence-electron chi connectivity index (χ3n) is 2.65. The highest BCUT2D eigenvalue weighted by atomic mass is 16.5. The molecule has 17 heavy (non-hydrogen) atoms. The molecular formula is C13H20N2O2.